The maximum Gasteiger partial charge on any atom is 0.270 e. The molecule has 2 heterocycles. The van der Waals surface area contributed by atoms with Crippen LogP contribution in [-0.4, -0.2) is 30.0 Å². The molecule has 21 heavy (non-hydrogen) atoms. The van der Waals surface area contributed by atoms with E-state index in [0.717, 1.165) is 35.8 Å². The molecule has 1 aromatic rings. The van der Waals surface area contributed by atoms with E-state index >= 15 is 0 Å². The molecule has 0 aromatic heterocycles. The van der Waals surface area contributed by atoms with Crippen molar-refractivity contribution in [3.63, 3.8) is 0 Å². The molecule has 7 nitrogen and oxygen atoms in total. The SMILES string of the molecule is O=[N+]([O-])c1cc2c(c(CSC3=NCCCN3)c1)OCOC2. The molecule has 8 heteroatoms. The number of nitro groups is 1. The first kappa shape index (κ1) is 14.2. The van der Waals surface area contributed by atoms with E-state index < -0.39 is 0 Å². The van der Waals surface area contributed by atoms with Gasteiger partial charge in [-0.15, -0.1) is 0 Å². The summed E-state index contributed by atoms with van der Waals surface area (Å²) in [7, 11) is 0. The van der Waals surface area contributed by atoms with Crippen molar-refractivity contribution < 1.29 is 14.4 Å². The van der Waals surface area contributed by atoms with Crippen molar-refractivity contribution in [1.82, 2.24) is 5.32 Å². The number of fused-ring (bicyclic) bond motifs is 1. The smallest absolute Gasteiger partial charge is 0.270 e. The summed E-state index contributed by atoms with van der Waals surface area (Å²) >= 11 is 1.54. The van der Waals surface area contributed by atoms with Gasteiger partial charge in [0.2, 0.25) is 0 Å². The van der Waals surface area contributed by atoms with Crippen LogP contribution in [0, 0.1) is 10.1 Å². The number of nitrogens with one attached hydrogen (secondary N) is 1. The van der Waals surface area contributed by atoms with Crippen molar-refractivity contribution in [2.24, 2.45) is 4.99 Å². The number of thioether (sulfide) groups is 1. The summed E-state index contributed by atoms with van der Waals surface area (Å²) in [4.78, 5) is 15.0. The van der Waals surface area contributed by atoms with Gasteiger partial charge in [0.05, 0.1) is 11.5 Å². The zero-order chi connectivity index (χ0) is 14.7. The largest absolute Gasteiger partial charge is 0.467 e. The van der Waals surface area contributed by atoms with Crippen molar-refractivity contribution in [2.75, 3.05) is 19.9 Å². The molecule has 0 radical (unpaired) electrons. The van der Waals surface area contributed by atoms with Crippen molar-refractivity contribution in [3.05, 3.63) is 33.4 Å². The van der Waals surface area contributed by atoms with Crippen LogP contribution < -0.4 is 10.1 Å². The lowest BCUT2D eigenvalue weighted by Gasteiger charge is -2.21. The summed E-state index contributed by atoms with van der Waals surface area (Å²) in [6.45, 7) is 2.27. The van der Waals surface area contributed by atoms with Crippen molar-refractivity contribution >= 4 is 22.6 Å². The summed E-state index contributed by atoms with van der Waals surface area (Å²) in [5, 5.41) is 15.1. The fourth-order valence-corrected chi connectivity index (χ4v) is 3.14. The Kier molecular flexibility index (Phi) is 4.26. The summed E-state index contributed by atoms with van der Waals surface area (Å²) in [6, 6.07) is 3.08. The van der Waals surface area contributed by atoms with E-state index in [2.05, 4.69) is 10.3 Å². The average molecular weight is 309 g/mol. The van der Waals surface area contributed by atoms with Crippen LogP contribution in [-0.2, 0) is 17.1 Å². The minimum Gasteiger partial charge on any atom is -0.467 e. The molecule has 1 N–H and O–H groups in total. The van der Waals surface area contributed by atoms with Gasteiger partial charge in [-0.2, -0.15) is 0 Å². The molecular formula is C13H15N3O4S. The molecule has 0 atom stereocenters. The monoisotopic (exact) mass is 309 g/mol. The standard InChI is InChI=1S/C13H15N3O4S/c17-16(18)11-4-9-6-19-8-20-12(9)10(5-11)7-21-13-14-2-1-3-15-13/h4-5H,1-3,6-8H2,(H,14,15). The zero-order valence-electron chi connectivity index (χ0n) is 11.3. The lowest BCUT2D eigenvalue weighted by Crippen LogP contribution is -2.26. The number of nitrogens with zero attached hydrogens (tertiary/aromatic N) is 2. The van der Waals surface area contributed by atoms with Gasteiger partial charge in [0.25, 0.3) is 5.69 Å². The molecule has 0 saturated heterocycles. The normalized spacial score (nSPS) is 17.2. The van der Waals surface area contributed by atoms with Crippen LogP contribution in [0.5, 0.6) is 5.75 Å². The highest BCUT2D eigenvalue weighted by atomic mass is 32.2. The fourth-order valence-electron chi connectivity index (χ4n) is 2.25. The molecule has 2 aliphatic rings. The molecule has 0 bridgehead atoms. The lowest BCUT2D eigenvalue weighted by atomic mass is 10.1. The Bertz CT molecular complexity index is 591. The first-order chi connectivity index (χ1) is 10.2. The minimum atomic E-state index is -0.389. The zero-order valence-corrected chi connectivity index (χ0v) is 12.1. The Balaban J connectivity index is 1.83. The van der Waals surface area contributed by atoms with Crippen molar-refractivity contribution in [3.8, 4) is 5.75 Å². The highest BCUT2D eigenvalue weighted by Crippen LogP contribution is 2.34. The predicted octanol–water partition coefficient (Wildman–Crippen LogP) is 2.04. The maximum absolute atomic E-state index is 11.0. The quantitative estimate of drug-likeness (QED) is 0.679. The number of aliphatic imine (C=N–C) groups is 1. The third-order valence-corrected chi connectivity index (χ3v) is 4.22. The first-order valence-electron chi connectivity index (χ1n) is 6.66. The second-order valence-corrected chi connectivity index (χ2v) is 5.68. The van der Waals surface area contributed by atoms with Crippen LogP contribution in [0.1, 0.15) is 17.5 Å². The molecule has 0 aliphatic carbocycles. The number of hydrogen-bond donors (Lipinski definition) is 1. The number of non-ortho nitro benzene ring substituents is 1. The van der Waals surface area contributed by atoms with Gasteiger partial charge in [-0.05, 0) is 6.42 Å². The van der Waals surface area contributed by atoms with Crippen molar-refractivity contribution in [1.29, 1.82) is 0 Å². The summed E-state index contributed by atoms with van der Waals surface area (Å²) in [5.74, 6) is 1.28. The molecule has 3 rings (SSSR count). The molecule has 0 saturated carbocycles. The molecule has 0 fully saturated rings. The highest BCUT2D eigenvalue weighted by Gasteiger charge is 2.21. The fraction of sp³-hybridized carbons (Fsp3) is 0.462. The molecule has 1 aromatic carbocycles. The average Bonchev–Trinajstić information content (AvgIpc) is 2.53. The Labute approximate surface area is 125 Å². The van der Waals surface area contributed by atoms with Gasteiger partial charge in [0, 0.05) is 42.1 Å². The van der Waals surface area contributed by atoms with Crippen LogP contribution in [0.25, 0.3) is 0 Å². The van der Waals surface area contributed by atoms with E-state index in [4.69, 9.17) is 9.47 Å². The van der Waals surface area contributed by atoms with E-state index in [1.165, 1.54) is 17.8 Å². The molecule has 2 aliphatic heterocycles. The van der Waals surface area contributed by atoms with Crippen molar-refractivity contribution in [2.45, 2.75) is 18.8 Å². The number of ether oxygens (including phenoxy) is 2. The van der Waals surface area contributed by atoms with E-state index in [-0.39, 0.29) is 17.4 Å². The molecule has 112 valence electrons. The summed E-state index contributed by atoms with van der Waals surface area (Å²) < 4.78 is 10.7. The van der Waals surface area contributed by atoms with Crippen LogP contribution in [0.15, 0.2) is 17.1 Å². The Morgan fingerprint density at radius 1 is 1.48 bits per heavy atom. The Hall–Kier alpha value is -1.80. The topological polar surface area (TPSA) is 86.0 Å². The maximum atomic E-state index is 11.0. The molecule has 0 spiro atoms. The Morgan fingerprint density at radius 3 is 3.14 bits per heavy atom. The van der Waals surface area contributed by atoms with E-state index in [0.29, 0.717) is 18.1 Å². The number of benzene rings is 1. The number of rotatable bonds is 3. The minimum absolute atomic E-state index is 0.0667. The van der Waals surface area contributed by atoms with Crippen LogP contribution >= 0.6 is 11.8 Å². The number of amidine groups is 1. The second kappa shape index (κ2) is 6.31. The van der Waals surface area contributed by atoms with Gasteiger partial charge in [-0.25, -0.2) is 0 Å². The van der Waals surface area contributed by atoms with Gasteiger partial charge >= 0.3 is 0 Å². The van der Waals surface area contributed by atoms with Crippen LogP contribution in [0.2, 0.25) is 0 Å². The highest BCUT2D eigenvalue weighted by molar-refractivity contribution is 8.13. The number of hydrogen-bond acceptors (Lipinski definition) is 7. The second-order valence-electron chi connectivity index (χ2n) is 4.72. The van der Waals surface area contributed by atoms with Gasteiger partial charge < -0.3 is 14.8 Å². The van der Waals surface area contributed by atoms with E-state index in [1.54, 1.807) is 6.07 Å². The van der Waals surface area contributed by atoms with E-state index in [9.17, 15) is 10.1 Å². The molecule has 0 amide bonds. The Morgan fingerprint density at radius 2 is 2.38 bits per heavy atom. The van der Waals surface area contributed by atoms with Crippen LogP contribution in [0.3, 0.4) is 0 Å². The van der Waals surface area contributed by atoms with Crippen LogP contribution in [0.4, 0.5) is 5.69 Å². The summed E-state index contributed by atoms with van der Waals surface area (Å²) in [6.07, 6.45) is 1.04. The van der Waals surface area contributed by atoms with E-state index in [1.807, 2.05) is 0 Å². The molecule has 0 unspecified atom stereocenters. The number of nitro benzene ring substituents is 1. The van der Waals surface area contributed by atoms with Gasteiger partial charge in [-0.3, -0.25) is 15.1 Å². The van der Waals surface area contributed by atoms with Gasteiger partial charge in [-0.1, -0.05) is 11.8 Å². The first-order valence-corrected chi connectivity index (χ1v) is 7.64. The third kappa shape index (κ3) is 3.27. The molecular weight excluding hydrogens is 294 g/mol. The lowest BCUT2D eigenvalue weighted by molar-refractivity contribution is -0.385. The van der Waals surface area contributed by atoms with Gasteiger partial charge in [0.15, 0.2) is 12.0 Å². The summed E-state index contributed by atoms with van der Waals surface area (Å²) in [5.41, 5.74) is 1.60. The predicted molar refractivity (Wildman–Crippen MR) is 79.6 cm³/mol. The van der Waals surface area contributed by atoms with Gasteiger partial charge in [0.1, 0.15) is 5.75 Å². The third-order valence-electron chi connectivity index (χ3n) is 3.21.